The van der Waals surface area contributed by atoms with E-state index in [1.807, 2.05) is 36.4 Å². The van der Waals surface area contributed by atoms with Crippen molar-refractivity contribution in [2.75, 3.05) is 0 Å². The van der Waals surface area contributed by atoms with Crippen LogP contribution in [0, 0.1) is 0 Å². The zero-order chi connectivity index (χ0) is 19.2. The molecule has 0 saturated carbocycles. The highest BCUT2D eigenvalue weighted by Crippen LogP contribution is 2.32. The van der Waals surface area contributed by atoms with Gasteiger partial charge in [0.15, 0.2) is 0 Å². The SMILES string of the molecule is c1ccc2c(c1)ccc1o/c(=N/n3cnnc3)c(-c3nc4ccccc4s3)cc12. The van der Waals surface area contributed by atoms with Gasteiger partial charge in [-0.3, -0.25) is 0 Å². The van der Waals surface area contributed by atoms with E-state index in [-0.39, 0.29) is 0 Å². The fourth-order valence-electron chi connectivity index (χ4n) is 3.45. The van der Waals surface area contributed by atoms with Crippen molar-refractivity contribution in [3.63, 3.8) is 0 Å². The summed E-state index contributed by atoms with van der Waals surface area (Å²) >= 11 is 1.62. The predicted octanol–water partition coefficient (Wildman–Crippen LogP) is 4.82. The Morgan fingerprint density at radius 3 is 2.59 bits per heavy atom. The largest absolute Gasteiger partial charge is 0.436 e. The maximum absolute atomic E-state index is 6.25. The van der Waals surface area contributed by atoms with Gasteiger partial charge in [0, 0.05) is 5.39 Å². The molecule has 7 heteroatoms. The first kappa shape index (κ1) is 16.1. The summed E-state index contributed by atoms with van der Waals surface area (Å²) in [6.45, 7) is 0. The van der Waals surface area contributed by atoms with Crippen molar-refractivity contribution in [1.29, 1.82) is 0 Å². The minimum atomic E-state index is 0.464. The van der Waals surface area contributed by atoms with Gasteiger partial charge in [-0.25, -0.2) is 9.66 Å². The average Bonchev–Trinajstić information content (AvgIpc) is 3.42. The summed E-state index contributed by atoms with van der Waals surface area (Å²) < 4.78 is 8.90. The van der Waals surface area contributed by atoms with Crippen LogP contribution in [-0.4, -0.2) is 19.9 Å². The van der Waals surface area contributed by atoms with Crippen LogP contribution in [0.5, 0.6) is 0 Å². The van der Waals surface area contributed by atoms with Crippen molar-refractivity contribution < 1.29 is 4.42 Å². The molecule has 0 aliphatic carbocycles. The number of aromatic nitrogens is 4. The maximum Gasteiger partial charge on any atom is 0.247 e. The lowest BCUT2D eigenvalue weighted by atomic mass is 10.0. The summed E-state index contributed by atoms with van der Waals surface area (Å²) in [5, 5.41) is 16.4. The van der Waals surface area contributed by atoms with Gasteiger partial charge in [0.05, 0.1) is 15.8 Å². The molecule has 3 aromatic carbocycles. The first-order valence-corrected chi connectivity index (χ1v) is 9.88. The highest BCUT2D eigenvalue weighted by atomic mass is 32.1. The van der Waals surface area contributed by atoms with E-state index in [1.54, 1.807) is 11.3 Å². The summed E-state index contributed by atoms with van der Waals surface area (Å²) in [6, 6.07) is 22.5. The standard InChI is InChI=1S/C22H13N5OS/c1-2-6-15-14(5-1)9-10-19-16(15)11-17(21(28-19)26-27-12-23-24-13-27)22-25-18-7-3-4-8-20(18)29-22/h1-13H/b26-21+. The number of rotatable bonds is 2. The van der Waals surface area contributed by atoms with Gasteiger partial charge in [-0.2, -0.15) is 0 Å². The Morgan fingerprint density at radius 1 is 0.862 bits per heavy atom. The summed E-state index contributed by atoms with van der Waals surface area (Å²) in [4.78, 5) is 4.82. The van der Waals surface area contributed by atoms with E-state index in [2.05, 4.69) is 45.6 Å². The van der Waals surface area contributed by atoms with Gasteiger partial charge in [0.1, 0.15) is 23.2 Å². The first-order valence-electron chi connectivity index (χ1n) is 9.06. The third-order valence-corrected chi connectivity index (χ3v) is 5.86. The Balaban J connectivity index is 1.72. The lowest BCUT2D eigenvalue weighted by Gasteiger charge is -2.06. The highest BCUT2D eigenvalue weighted by molar-refractivity contribution is 7.21. The predicted molar refractivity (Wildman–Crippen MR) is 113 cm³/mol. The second kappa shape index (κ2) is 6.35. The summed E-state index contributed by atoms with van der Waals surface area (Å²) in [5.41, 5.74) is 3.02. The average molecular weight is 395 g/mol. The number of hydrogen-bond donors (Lipinski definition) is 0. The van der Waals surface area contributed by atoms with E-state index < -0.39 is 0 Å². The number of thiazole rings is 1. The Morgan fingerprint density at radius 2 is 1.69 bits per heavy atom. The Bertz CT molecular complexity index is 1530. The second-order valence-corrected chi connectivity index (χ2v) is 7.62. The smallest absolute Gasteiger partial charge is 0.247 e. The Labute approximate surface area is 168 Å². The number of fused-ring (bicyclic) bond motifs is 4. The highest BCUT2D eigenvalue weighted by Gasteiger charge is 2.13. The zero-order valence-corrected chi connectivity index (χ0v) is 15.9. The lowest BCUT2D eigenvalue weighted by Crippen LogP contribution is -2.08. The molecule has 6 rings (SSSR count). The minimum absolute atomic E-state index is 0.464. The molecule has 0 spiro atoms. The van der Waals surface area contributed by atoms with Gasteiger partial charge >= 0.3 is 0 Å². The van der Waals surface area contributed by atoms with Gasteiger partial charge < -0.3 is 4.42 Å². The maximum atomic E-state index is 6.25. The van der Waals surface area contributed by atoms with E-state index in [0.29, 0.717) is 5.55 Å². The zero-order valence-electron chi connectivity index (χ0n) is 15.1. The molecule has 138 valence electrons. The van der Waals surface area contributed by atoms with E-state index in [9.17, 15) is 0 Å². The fourth-order valence-corrected chi connectivity index (χ4v) is 4.42. The minimum Gasteiger partial charge on any atom is -0.436 e. The first-order chi connectivity index (χ1) is 14.3. The molecule has 0 saturated heterocycles. The number of hydrogen-bond acceptors (Lipinski definition) is 6. The molecule has 0 atom stereocenters. The van der Waals surface area contributed by atoms with Crippen LogP contribution in [0.15, 0.2) is 88.9 Å². The van der Waals surface area contributed by atoms with Gasteiger partial charge in [0.25, 0.3) is 0 Å². The van der Waals surface area contributed by atoms with Crippen molar-refractivity contribution in [3.05, 3.63) is 84.9 Å². The van der Waals surface area contributed by atoms with Gasteiger partial charge in [-0.15, -0.1) is 26.6 Å². The quantitative estimate of drug-likeness (QED) is 0.394. The molecule has 0 unspecified atom stereocenters. The third-order valence-electron chi connectivity index (χ3n) is 4.79. The van der Waals surface area contributed by atoms with Crippen LogP contribution in [-0.2, 0) is 0 Å². The van der Waals surface area contributed by atoms with Gasteiger partial charge in [-0.1, -0.05) is 42.5 Å². The molecule has 0 bridgehead atoms. The molecule has 0 amide bonds. The molecule has 0 aliphatic rings. The van der Waals surface area contributed by atoms with Crippen molar-refractivity contribution in [2.24, 2.45) is 5.10 Å². The monoisotopic (exact) mass is 395 g/mol. The van der Waals surface area contributed by atoms with Gasteiger partial charge in [0.2, 0.25) is 5.55 Å². The molecule has 29 heavy (non-hydrogen) atoms. The van der Waals surface area contributed by atoms with Crippen molar-refractivity contribution in [2.45, 2.75) is 0 Å². The topological polar surface area (TPSA) is 69.1 Å². The van der Waals surface area contributed by atoms with Crippen LogP contribution in [0.4, 0.5) is 0 Å². The van der Waals surface area contributed by atoms with Crippen molar-refractivity contribution >= 4 is 43.3 Å². The number of benzene rings is 3. The van der Waals surface area contributed by atoms with Crippen LogP contribution < -0.4 is 5.55 Å². The van der Waals surface area contributed by atoms with Crippen LogP contribution in [0.2, 0.25) is 0 Å². The van der Waals surface area contributed by atoms with E-state index >= 15 is 0 Å². The molecule has 6 nitrogen and oxygen atoms in total. The second-order valence-electron chi connectivity index (χ2n) is 6.59. The van der Waals surface area contributed by atoms with E-state index in [4.69, 9.17) is 9.40 Å². The van der Waals surface area contributed by atoms with Crippen molar-refractivity contribution in [3.8, 4) is 10.6 Å². The molecule has 6 aromatic rings. The number of nitrogens with zero attached hydrogens (tertiary/aromatic N) is 5. The molecule has 3 aromatic heterocycles. The van der Waals surface area contributed by atoms with Crippen LogP contribution >= 0.6 is 11.3 Å². The van der Waals surface area contributed by atoms with E-state index in [1.165, 1.54) is 17.3 Å². The van der Waals surface area contributed by atoms with Crippen LogP contribution in [0.3, 0.4) is 0 Å². The molecule has 0 fully saturated rings. The molecule has 0 radical (unpaired) electrons. The normalized spacial score (nSPS) is 12.3. The third kappa shape index (κ3) is 2.71. The summed E-state index contributed by atoms with van der Waals surface area (Å²) in [5.74, 6) is 0. The molecular formula is C22H13N5OS. The fraction of sp³-hybridized carbons (Fsp3) is 0. The van der Waals surface area contributed by atoms with Crippen molar-refractivity contribution in [1.82, 2.24) is 19.9 Å². The van der Waals surface area contributed by atoms with Crippen LogP contribution in [0.1, 0.15) is 0 Å². The Hall–Kier alpha value is -3.84. The molecule has 3 heterocycles. The van der Waals surface area contributed by atoms with Crippen LogP contribution in [0.25, 0.3) is 42.5 Å². The number of para-hydroxylation sites is 1. The molecular weight excluding hydrogens is 382 g/mol. The lowest BCUT2D eigenvalue weighted by molar-refractivity contribution is 0.526. The molecule has 0 N–H and O–H groups in total. The summed E-state index contributed by atoms with van der Waals surface area (Å²) in [7, 11) is 0. The molecule has 0 aliphatic heterocycles. The van der Waals surface area contributed by atoms with Gasteiger partial charge in [-0.05, 0) is 35.0 Å². The summed E-state index contributed by atoms with van der Waals surface area (Å²) in [6.07, 6.45) is 3.06. The van der Waals surface area contributed by atoms with E-state index in [0.717, 1.165) is 42.5 Å². The Kier molecular flexibility index (Phi) is 3.54.